The summed E-state index contributed by atoms with van der Waals surface area (Å²) >= 11 is 0. The van der Waals surface area contributed by atoms with Crippen molar-refractivity contribution < 1.29 is 5.11 Å². The smallest absolute Gasteiger partial charge is 0.0693 e. The number of hydrogen-bond donors (Lipinski definition) is 1. The fourth-order valence-corrected chi connectivity index (χ4v) is 2.04. The molecule has 1 rings (SSSR count). The number of likely N-dealkylation sites (tertiary alicyclic amines) is 1. The van der Waals surface area contributed by atoms with Gasteiger partial charge in [-0.15, -0.1) is 0 Å². The number of aliphatic hydroxyl groups is 1. The molecule has 1 aliphatic heterocycles. The largest absolute Gasteiger partial charge is 0.392 e. The zero-order valence-corrected chi connectivity index (χ0v) is 9.11. The van der Waals surface area contributed by atoms with Gasteiger partial charge in [0.25, 0.3) is 0 Å². The Morgan fingerprint density at radius 1 is 1.64 bits per heavy atom. The number of piperidine rings is 1. The van der Waals surface area contributed by atoms with Gasteiger partial charge < -0.3 is 5.11 Å². The van der Waals surface area contributed by atoms with Gasteiger partial charge >= 0.3 is 0 Å². The molecule has 0 aliphatic carbocycles. The van der Waals surface area contributed by atoms with Crippen molar-refractivity contribution in [2.45, 2.75) is 45.3 Å². The van der Waals surface area contributed by atoms with Crippen LogP contribution in [-0.4, -0.2) is 35.2 Å². The molecule has 1 saturated heterocycles. The number of aliphatic hydroxyl groups excluding tert-OH is 1. The van der Waals surface area contributed by atoms with E-state index < -0.39 is 0 Å². The standard InChI is InChI=1S/C11H20N2O/c1-3-10(4-6-12)13-7-5-9(2)11(14)8-13/h9-11,14H,3-5,7-8H2,1-2H3. The van der Waals surface area contributed by atoms with E-state index in [0.717, 1.165) is 25.9 Å². The molecule has 0 saturated carbocycles. The van der Waals surface area contributed by atoms with Crippen LogP contribution in [0.4, 0.5) is 0 Å². The molecule has 0 spiro atoms. The Morgan fingerprint density at radius 3 is 2.86 bits per heavy atom. The van der Waals surface area contributed by atoms with Gasteiger partial charge in [0.15, 0.2) is 0 Å². The van der Waals surface area contributed by atoms with Gasteiger partial charge in [-0.3, -0.25) is 4.90 Å². The van der Waals surface area contributed by atoms with Crippen molar-refractivity contribution in [2.75, 3.05) is 13.1 Å². The Hall–Kier alpha value is -0.590. The molecule has 0 aromatic heterocycles. The average molecular weight is 196 g/mol. The Morgan fingerprint density at radius 2 is 2.36 bits per heavy atom. The molecule has 3 unspecified atom stereocenters. The lowest BCUT2D eigenvalue weighted by Crippen LogP contribution is -2.47. The van der Waals surface area contributed by atoms with Crippen molar-refractivity contribution in [3.63, 3.8) is 0 Å². The van der Waals surface area contributed by atoms with E-state index >= 15 is 0 Å². The second-order valence-electron chi connectivity index (χ2n) is 4.25. The SMILES string of the molecule is CCC(CC#N)N1CCC(C)C(O)C1. The number of rotatable bonds is 3. The molecule has 3 heteroatoms. The molecule has 0 aromatic rings. The lowest BCUT2D eigenvalue weighted by Gasteiger charge is -2.38. The molecular formula is C11H20N2O. The van der Waals surface area contributed by atoms with E-state index in [9.17, 15) is 5.11 Å². The third kappa shape index (κ3) is 2.70. The molecular weight excluding hydrogens is 176 g/mol. The maximum atomic E-state index is 9.74. The van der Waals surface area contributed by atoms with Gasteiger partial charge in [0.05, 0.1) is 18.6 Å². The van der Waals surface area contributed by atoms with Crippen LogP contribution >= 0.6 is 0 Å². The first kappa shape index (κ1) is 11.5. The molecule has 80 valence electrons. The van der Waals surface area contributed by atoms with Gasteiger partial charge in [-0.05, 0) is 25.3 Å². The highest BCUT2D eigenvalue weighted by molar-refractivity contribution is 4.86. The molecule has 0 aromatic carbocycles. The first-order valence-corrected chi connectivity index (χ1v) is 5.48. The van der Waals surface area contributed by atoms with E-state index in [0.29, 0.717) is 18.4 Å². The fraction of sp³-hybridized carbons (Fsp3) is 0.909. The van der Waals surface area contributed by atoms with Gasteiger partial charge in [-0.2, -0.15) is 5.26 Å². The summed E-state index contributed by atoms with van der Waals surface area (Å²) in [5.74, 6) is 0.408. The molecule has 1 aliphatic rings. The number of β-amino-alcohol motifs (C(OH)–C–C–N with tert-alkyl or cyclic N) is 1. The van der Waals surface area contributed by atoms with Crippen LogP contribution in [0.5, 0.6) is 0 Å². The van der Waals surface area contributed by atoms with Crippen LogP contribution in [0.1, 0.15) is 33.1 Å². The topological polar surface area (TPSA) is 47.3 Å². The highest BCUT2D eigenvalue weighted by Gasteiger charge is 2.27. The first-order chi connectivity index (χ1) is 6.69. The van der Waals surface area contributed by atoms with E-state index in [1.165, 1.54) is 0 Å². The van der Waals surface area contributed by atoms with Crippen molar-refractivity contribution in [3.05, 3.63) is 0 Å². The lowest BCUT2D eigenvalue weighted by molar-refractivity contribution is 0.0100. The quantitative estimate of drug-likeness (QED) is 0.742. The summed E-state index contributed by atoms with van der Waals surface area (Å²) in [4.78, 5) is 2.26. The fourth-order valence-electron chi connectivity index (χ4n) is 2.04. The van der Waals surface area contributed by atoms with E-state index in [4.69, 9.17) is 5.26 Å². The minimum Gasteiger partial charge on any atom is -0.392 e. The first-order valence-electron chi connectivity index (χ1n) is 5.48. The number of hydrogen-bond acceptors (Lipinski definition) is 3. The van der Waals surface area contributed by atoms with E-state index in [1.54, 1.807) is 0 Å². The Bertz CT molecular complexity index is 212. The van der Waals surface area contributed by atoms with Gasteiger partial charge in [-0.25, -0.2) is 0 Å². The second-order valence-corrected chi connectivity index (χ2v) is 4.25. The van der Waals surface area contributed by atoms with Gasteiger partial charge in [0.1, 0.15) is 0 Å². The zero-order chi connectivity index (χ0) is 10.6. The maximum Gasteiger partial charge on any atom is 0.0693 e. The van der Waals surface area contributed by atoms with Crippen LogP contribution in [0.15, 0.2) is 0 Å². The summed E-state index contributed by atoms with van der Waals surface area (Å²) in [7, 11) is 0. The Balaban J connectivity index is 2.48. The molecule has 0 amide bonds. The number of nitriles is 1. The summed E-state index contributed by atoms with van der Waals surface area (Å²) in [5.41, 5.74) is 0. The molecule has 1 N–H and O–H groups in total. The molecule has 1 fully saturated rings. The van der Waals surface area contributed by atoms with Gasteiger partial charge in [0, 0.05) is 12.6 Å². The Labute approximate surface area is 86.3 Å². The predicted molar refractivity (Wildman–Crippen MR) is 55.7 cm³/mol. The molecule has 0 radical (unpaired) electrons. The third-order valence-corrected chi connectivity index (χ3v) is 3.26. The van der Waals surface area contributed by atoms with Crippen molar-refractivity contribution in [3.8, 4) is 6.07 Å². The van der Waals surface area contributed by atoms with Crippen LogP contribution in [0.3, 0.4) is 0 Å². The molecule has 1 heterocycles. The molecule has 3 atom stereocenters. The summed E-state index contributed by atoms with van der Waals surface area (Å²) in [6, 6.07) is 2.55. The highest BCUT2D eigenvalue weighted by atomic mass is 16.3. The summed E-state index contributed by atoms with van der Waals surface area (Å²) in [6.07, 6.45) is 2.41. The average Bonchev–Trinajstić information content (AvgIpc) is 2.19. The highest BCUT2D eigenvalue weighted by Crippen LogP contribution is 2.20. The van der Waals surface area contributed by atoms with Crippen molar-refractivity contribution in [1.82, 2.24) is 4.90 Å². The molecule has 0 bridgehead atoms. The van der Waals surface area contributed by atoms with E-state index in [-0.39, 0.29) is 6.10 Å². The maximum absolute atomic E-state index is 9.74. The van der Waals surface area contributed by atoms with Crippen LogP contribution in [0.2, 0.25) is 0 Å². The van der Waals surface area contributed by atoms with Crippen LogP contribution in [0.25, 0.3) is 0 Å². The van der Waals surface area contributed by atoms with Crippen molar-refractivity contribution in [2.24, 2.45) is 5.92 Å². The Kier molecular flexibility index (Phi) is 4.37. The minimum absolute atomic E-state index is 0.212. The van der Waals surface area contributed by atoms with Crippen molar-refractivity contribution in [1.29, 1.82) is 5.26 Å². The van der Waals surface area contributed by atoms with Gasteiger partial charge in [-0.1, -0.05) is 13.8 Å². The van der Waals surface area contributed by atoms with E-state index in [1.807, 2.05) is 0 Å². The third-order valence-electron chi connectivity index (χ3n) is 3.26. The normalized spacial score (nSPS) is 31.0. The number of nitrogens with zero attached hydrogens (tertiary/aromatic N) is 2. The zero-order valence-electron chi connectivity index (χ0n) is 9.11. The molecule has 3 nitrogen and oxygen atoms in total. The monoisotopic (exact) mass is 196 g/mol. The van der Waals surface area contributed by atoms with Crippen LogP contribution in [0, 0.1) is 17.2 Å². The van der Waals surface area contributed by atoms with Crippen LogP contribution < -0.4 is 0 Å². The summed E-state index contributed by atoms with van der Waals surface area (Å²) in [6.45, 7) is 5.96. The van der Waals surface area contributed by atoms with Gasteiger partial charge in [0.2, 0.25) is 0 Å². The summed E-state index contributed by atoms with van der Waals surface area (Å²) < 4.78 is 0. The second kappa shape index (κ2) is 5.33. The van der Waals surface area contributed by atoms with E-state index in [2.05, 4.69) is 24.8 Å². The lowest BCUT2D eigenvalue weighted by atomic mass is 9.94. The van der Waals surface area contributed by atoms with Crippen LogP contribution in [-0.2, 0) is 0 Å². The predicted octanol–water partition coefficient (Wildman–Crippen LogP) is 1.38. The summed E-state index contributed by atoms with van der Waals surface area (Å²) in [5, 5.41) is 18.4. The molecule has 14 heavy (non-hydrogen) atoms. The minimum atomic E-state index is -0.212. The van der Waals surface area contributed by atoms with Crippen molar-refractivity contribution >= 4 is 0 Å².